The molecule has 0 bridgehead atoms. The molecule has 0 atom stereocenters. The third kappa shape index (κ3) is 2.75. The van der Waals surface area contributed by atoms with Crippen LogP contribution in [-0.4, -0.2) is 4.21 Å². The number of hydrogen-bond acceptors (Lipinski definition) is 2. The lowest BCUT2D eigenvalue weighted by atomic mass is 10.3. The second-order valence-electron chi connectivity index (χ2n) is 1.50. The van der Waals surface area contributed by atoms with Gasteiger partial charge in [-0.15, -0.1) is 0 Å². The van der Waals surface area contributed by atoms with Crippen LogP contribution >= 0.6 is 0 Å². The van der Waals surface area contributed by atoms with Crippen molar-refractivity contribution in [1.82, 2.24) is 0 Å². The lowest BCUT2D eigenvalue weighted by Gasteiger charge is -1.82. The number of rotatable bonds is 1. The van der Waals surface area contributed by atoms with Crippen molar-refractivity contribution in [3.63, 3.8) is 0 Å². The van der Waals surface area contributed by atoms with Crippen molar-refractivity contribution in [2.45, 2.75) is 0 Å². The zero-order valence-corrected chi connectivity index (χ0v) is 6.60. The molecule has 54 valence electrons. The van der Waals surface area contributed by atoms with Gasteiger partial charge in [0.15, 0.2) is 0 Å². The van der Waals surface area contributed by atoms with Gasteiger partial charge in [-0.2, -0.15) is 8.57 Å². The van der Waals surface area contributed by atoms with Crippen molar-refractivity contribution in [3.8, 4) is 0 Å². The summed E-state index contributed by atoms with van der Waals surface area (Å²) in [7, 11) is 0. The Morgan fingerprint density at radius 2 is 1.80 bits per heavy atom. The van der Waals surface area contributed by atoms with E-state index in [0.717, 1.165) is 5.69 Å². The van der Waals surface area contributed by atoms with Crippen LogP contribution in [0.4, 0.5) is 5.69 Å². The number of nitrogens with zero attached hydrogens (tertiary/aromatic N) is 1. The first-order chi connectivity index (χ1) is 4.43. The Morgan fingerprint density at radius 1 is 1.20 bits per heavy atom. The Hall–Kier alpha value is -0.670. The maximum Gasteiger partial charge on any atom is 0.205 e. The summed E-state index contributed by atoms with van der Waals surface area (Å²) in [4.78, 5) is 0. The van der Waals surface area contributed by atoms with E-state index in [4.69, 9.17) is 0 Å². The third-order valence-corrected chi connectivity index (χ3v) is 1.18. The fourth-order valence-corrected chi connectivity index (χ4v) is 0.740. The molecule has 10 heavy (non-hydrogen) atoms. The highest BCUT2D eigenvalue weighted by Gasteiger charge is 1.80. The molecule has 4 heteroatoms. The summed E-state index contributed by atoms with van der Waals surface area (Å²) in [5.74, 6) is 0. The van der Waals surface area contributed by atoms with Gasteiger partial charge in [-0.3, -0.25) is 0 Å². The van der Waals surface area contributed by atoms with Crippen LogP contribution in [0.5, 0.6) is 0 Å². The Morgan fingerprint density at radius 3 is 2.30 bits per heavy atom. The van der Waals surface area contributed by atoms with E-state index in [2.05, 4.69) is 4.36 Å². The van der Waals surface area contributed by atoms with Crippen molar-refractivity contribution in [1.29, 1.82) is 0 Å². The van der Waals surface area contributed by atoms with Gasteiger partial charge in [0.1, 0.15) is 0 Å². The minimum absolute atomic E-state index is 0. The van der Waals surface area contributed by atoms with Gasteiger partial charge in [0, 0.05) is 0 Å². The molecule has 0 heterocycles. The Kier molecular flexibility index (Phi) is 4.80. The van der Waals surface area contributed by atoms with Crippen LogP contribution in [0.1, 0.15) is 0 Å². The van der Waals surface area contributed by atoms with E-state index in [9.17, 15) is 4.21 Å². The van der Waals surface area contributed by atoms with Crippen molar-refractivity contribution in [2.24, 2.45) is 4.36 Å². The van der Waals surface area contributed by atoms with Crippen LogP contribution in [-0.2, 0) is 11.5 Å². The summed E-state index contributed by atoms with van der Waals surface area (Å²) in [6.45, 7) is 0. The quantitative estimate of drug-likeness (QED) is 0.522. The minimum atomic E-state index is 0. The van der Waals surface area contributed by atoms with E-state index in [1.807, 2.05) is 18.2 Å². The lowest BCUT2D eigenvalue weighted by molar-refractivity contribution is -0.00000279. The smallest absolute Gasteiger partial charge is 0.205 e. The zero-order chi connectivity index (χ0) is 6.53. The van der Waals surface area contributed by atoms with Gasteiger partial charge >= 0.3 is 0 Å². The van der Waals surface area contributed by atoms with E-state index in [1.165, 1.54) is 0 Å². The van der Waals surface area contributed by atoms with Crippen molar-refractivity contribution < 1.29 is 16.6 Å². The van der Waals surface area contributed by atoms with Gasteiger partial charge in [-0.1, -0.05) is 18.2 Å². The molecule has 0 saturated carbocycles. The highest BCUT2D eigenvalue weighted by molar-refractivity contribution is 7.54. The van der Waals surface area contributed by atoms with E-state index < -0.39 is 0 Å². The zero-order valence-electron chi connectivity index (χ0n) is 5.03. The number of hydrogen-bond donors (Lipinski definition) is 0. The molecule has 0 aliphatic carbocycles. The van der Waals surface area contributed by atoms with Gasteiger partial charge in [-0.05, 0) is 12.1 Å². The van der Waals surface area contributed by atoms with Gasteiger partial charge in [-0.25, -0.2) is 0 Å². The average molecular weight is 175 g/mol. The summed E-state index contributed by atoms with van der Waals surface area (Å²) in [6, 6.07) is 9.13. The van der Waals surface area contributed by atoms with Crippen LogP contribution in [0.15, 0.2) is 34.7 Å². The molecule has 0 spiro atoms. The first-order valence-corrected chi connectivity index (χ1v) is 3.18. The van der Waals surface area contributed by atoms with Crippen LogP contribution in [0, 0.1) is 0 Å². The van der Waals surface area contributed by atoms with Crippen LogP contribution in [0.2, 0.25) is 0 Å². The molecule has 1 aromatic rings. The fourth-order valence-electron chi connectivity index (χ4n) is 0.532. The summed E-state index contributed by atoms with van der Waals surface area (Å²) in [5, 5.41) is 0. The Bertz CT molecular complexity index is 233. The van der Waals surface area contributed by atoms with E-state index >= 15 is 0 Å². The topological polar surface area (TPSA) is 29.4 Å². The summed E-state index contributed by atoms with van der Waals surface area (Å²) < 4.78 is 13.4. The summed E-state index contributed by atoms with van der Waals surface area (Å²) >= 11 is 0.230. The van der Waals surface area contributed by atoms with E-state index in [-0.39, 0.29) is 23.9 Å². The molecule has 0 fully saturated rings. The third-order valence-electron chi connectivity index (χ3n) is 0.899. The van der Waals surface area contributed by atoms with E-state index in [1.54, 1.807) is 12.1 Å². The molecular formula is C6H5ClNOS-. The Labute approximate surface area is 68.9 Å². The van der Waals surface area contributed by atoms with Gasteiger partial charge in [0.2, 0.25) is 11.5 Å². The molecular weight excluding hydrogens is 170 g/mol. The van der Waals surface area contributed by atoms with Crippen molar-refractivity contribution >= 4 is 17.2 Å². The molecule has 0 aromatic heterocycles. The van der Waals surface area contributed by atoms with Crippen LogP contribution in [0.3, 0.4) is 0 Å². The Balaban J connectivity index is 0.000000810. The molecule has 0 radical (unpaired) electrons. The highest BCUT2D eigenvalue weighted by atomic mass is 35.5. The second kappa shape index (κ2) is 5.14. The first-order valence-electron chi connectivity index (χ1n) is 2.48. The SMILES string of the molecule is O=S=Nc1ccccc1.[Cl-]. The molecule has 2 nitrogen and oxygen atoms in total. The summed E-state index contributed by atoms with van der Waals surface area (Å²) in [5.41, 5.74) is 0.720. The largest absolute Gasteiger partial charge is 1.00 e. The maximum atomic E-state index is 9.85. The second-order valence-corrected chi connectivity index (χ2v) is 1.83. The van der Waals surface area contributed by atoms with Crippen molar-refractivity contribution in [3.05, 3.63) is 30.3 Å². The highest BCUT2D eigenvalue weighted by Crippen LogP contribution is 2.07. The normalized spacial score (nSPS) is 7.60. The molecule has 1 aromatic carbocycles. The molecule has 0 aliphatic rings. The summed E-state index contributed by atoms with van der Waals surface area (Å²) in [6.07, 6.45) is 0. The van der Waals surface area contributed by atoms with Crippen molar-refractivity contribution in [2.75, 3.05) is 0 Å². The van der Waals surface area contributed by atoms with Crippen LogP contribution in [0.25, 0.3) is 0 Å². The molecule has 0 unspecified atom stereocenters. The van der Waals surface area contributed by atoms with Gasteiger partial charge < -0.3 is 12.4 Å². The van der Waals surface area contributed by atoms with Gasteiger partial charge in [0.05, 0.1) is 5.69 Å². The standard InChI is InChI=1S/C6H5NOS.ClH/c8-9-7-6-4-2-1-3-5-6;/h1-5H;1H/p-1. The first kappa shape index (κ1) is 9.33. The predicted octanol–water partition coefficient (Wildman–Crippen LogP) is -1.28. The molecule has 0 N–H and O–H groups in total. The minimum Gasteiger partial charge on any atom is -1.00 e. The monoisotopic (exact) mass is 174 g/mol. The molecule has 0 aliphatic heterocycles. The van der Waals surface area contributed by atoms with E-state index in [0.29, 0.717) is 0 Å². The molecule has 0 amide bonds. The maximum absolute atomic E-state index is 9.85. The molecule has 1 rings (SSSR count). The fraction of sp³-hybridized carbons (Fsp3) is 0. The average Bonchev–Trinajstić information content (AvgIpc) is 1.91. The predicted molar refractivity (Wildman–Crippen MR) is 36.7 cm³/mol. The molecule has 0 saturated heterocycles. The van der Waals surface area contributed by atoms with Gasteiger partial charge in [0.25, 0.3) is 0 Å². The lowest BCUT2D eigenvalue weighted by Crippen LogP contribution is -3.00. The number of halogens is 1. The van der Waals surface area contributed by atoms with Crippen LogP contribution < -0.4 is 12.4 Å². The number of benzene rings is 1.